The molecule has 0 saturated heterocycles. The molecule has 0 radical (unpaired) electrons. The molecule has 0 aliphatic rings. The van der Waals surface area contributed by atoms with Crippen LogP contribution in [0.2, 0.25) is 0 Å². The minimum absolute atomic E-state index is 0.307. The first-order valence-corrected chi connectivity index (χ1v) is 4.57. The number of nitrogens with two attached hydrogens (primary N) is 1. The van der Waals surface area contributed by atoms with Gasteiger partial charge in [-0.1, -0.05) is 0 Å². The summed E-state index contributed by atoms with van der Waals surface area (Å²) in [5, 5.41) is 9.63. The Bertz CT molecular complexity index is 492. The molecule has 2 rings (SSSR count). The Morgan fingerprint density at radius 3 is 3.20 bits per heavy atom. The minimum atomic E-state index is -0.992. The van der Waals surface area contributed by atoms with Crippen molar-refractivity contribution in [1.82, 2.24) is 9.97 Å². The molecule has 0 aliphatic carbocycles. The van der Waals surface area contributed by atoms with Gasteiger partial charge >= 0.3 is 5.97 Å². The molecule has 0 aromatic carbocycles. The van der Waals surface area contributed by atoms with Gasteiger partial charge in [0.05, 0.1) is 0 Å². The smallest absolute Gasteiger partial charge is 0.320 e. The summed E-state index contributed by atoms with van der Waals surface area (Å²) >= 11 is 0. The lowest BCUT2D eigenvalue weighted by Crippen LogP contribution is -2.32. The predicted molar refractivity (Wildman–Crippen MR) is 55.4 cm³/mol. The number of nitrogens with zero attached hydrogens (tertiary/aromatic N) is 1. The fraction of sp³-hybridized carbons (Fsp3) is 0.200. The maximum atomic E-state index is 10.6. The van der Waals surface area contributed by atoms with Crippen LogP contribution in [0.25, 0.3) is 10.9 Å². The van der Waals surface area contributed by atoms with Crippen LogP contribution in [0.15, 0.2) is 24.7 Å². The fourth-order valence-corrected chi connectivity index (χ4v) is 1.51. The Hall–Kier alpha value is -1.88. The van der Waals surface area contributed by atoms with Gasteiger partial charge in [-0.2, -0.15) is 0 Å². The summed E-state index contributed by atoms with van der Waals surface area (Å²) < 4.78 is 0. The third kappa shape index (κ3) is 1.82. The second-order valence-corrected chi connectivity index (χ2v) is 3.38. The van der Waals surface area contributed by atoms with Crippen LogP contribution in [0.5, 0.6) is 0 Å². The molecule has 0 bridgehead atoms. The van der Waals surface area contributed by atoms with E-state index in [9.17, 15) is 4.79 Å². The molecular formula is C10H11N3O2. The van der Waals surface area contributed by atoms with Crippen LogP contribution in [0.1, 0.15) is 5.56 Å². The number of H-pyrrole nitrogens is 1. The first kappa shape index (κ1) is 9.67. The molecule has 2 aromatic rings. The zero-order chi connectivity index (χ0) is 10.8. The van der Waals surface area contributed by atoms with Crippen LogP contribution in [0.3, 0.4) is 0 Å². The summed E-state index contributed by atoms with van der Waals surface area (Å²) in [6, 6.07) is 0.967. The lowest BCUT2D eigenvalue weighted by molar-refractivity contribution is -0.138. The number of rotatable bonds is 3. The molecule has 2 aromatic heterocycles. The summed E-state index contributed by atoms with van der Waals surface area (Å²) in [4.78, 5) is 17.6. The van der Waals surface area contributed by atoms with Crippen LogP contribution in [0, 0.1) is 0 Å². The monoisotopic (exact) mass is 205 g/mol. The highest BCUT2D eigenvalue weighted by molar-refractivity contribution is 5.83. The standard InChI is InChI=1S/C10H11N3O2/c11-8(10(14)15)3-6-4-13-9-1-2-12-5-7(6)9/h1-2,4-5,8,13H,3,11H2,(H,14,15)/t8-/m1/s1. The van der Waals surface area contributed by atoms with E-state index < -0.39 is 12.0 Å². The largest absolute Gasteiger partial charge is 0.480 e. The third-order valence-electron chi connectivity index (χ3n) is 2.33. The number of hydrogen-bond donors (Lipinski definition) is 3. The Labute approximate surface area is 85.9 Å². The maximum absolute atomic E-state index is 10.6. The molecule has 0 amide bonds. The molecule has 78 valence electrons. The van der Waals surface area contributed by atoms with E-state index in [1.165, 1.54) is 0 Å². The summed E-state index contributed by atoms with van der Waals surface area (Å²) in [6.45, 7) is 0. The SMILES string of the molecule is N[C@H](Cc1c[nH]c2ccncc12)C(=O)O. The quantitative estimate of drug-likeness (QED) is 0.681. The van der Waals surface area contributed by atoms with Crippen molar-refractivity contribution in [1.29, 1.82) is 0 Å². The van der Waals surface area contributed by atoms with Crippen LogP contribution in [-0.2, 0) is 11.2 Å². The Morgan fingerprint density at radius 1 is 1.67 bits per heavy atom. The number of aromatic amines is 1. The van der Waals surface area contributed by atoms with E-state index in [1.807, 2.05) is 6.07 Å². The van der Waals surface area contributed by atoms with E-state index in [2.05, 4.69) is 9.97 Å². The van der Waals surface area contributed by atoms with Crippen molar-refractivity contribution in [2.45, 2.75) is 12.5 Å². The van der Waals surface area contributed by atoms with E-state index in [1.54, 1.807) is 18.6 Å². The molecule has 1 atom stereocenters. The van der Waals surface area contributed by atoms with Crippen molar-refractivity contribution in [3.63, 3.8) is 0 Å². The van der Waals surface area contributed by atoms with E-state index in [0.29, 0.717) is 6.42 Å². The summed E-state index contributed by atoms with van der Waals surface area (Å²) in [7, 11) is 0. The van der Waals surface area contributed by atoms with Gasteiger partial charge in [-0.15, -0.1) is 0 Å². The first-order chi connectivity index (χ1) is 7.18. The van der Waals surface area contributed by atoms with Crippen LogP contribution >= 0.6 is 0 Å². The number of hydrogen-bond acceptors (Lipinski definition) is 3. The molecule has 15 heavy (non-hydrogen) atoms. The Morgan fingerprint density at radius 2 is 2.47 bits per heavy atom. The molecule has 5 heteroatoms. The molecule has 0 saturated carbocycles. The number of aromatic nitrogens is 2. The lowest BCUT2D eigenvalue weighted by atomic mass is 10.1. The van der Waals surface area contributed by atoms with Gasteiger partial charge in [0, 0.05) is 35.9 Å². The topological polar surface area (TPSA) is 92.0 Å². The van der Waals surface area contributed by atoms with E-state index in [4.69, 9.17) is 10.8 Å². The van der Waals surface area contributed by atoms with Crippen molar-refractivity contribution in [2.75, 3.05) is 0 Å². The number of carboxylic acids is 1. The lowest BCUT2D eigenvalue weighted by Gasteiger charge is -2.04. The van der Waals surface area contributed by atoms with Crippen molar-refractivity contribution in [3.05, 3.63) is 30.2 Å². The first-order valence-electron chi connectivity index (χ1n) is 4.57. The van der Waals surface area contributed by atoms with Gasteiger partial charge in [0.15, 0.2) is 0 Å². The van der Waals surface area contributed by atoms with Crippen molar-refractivity contribution in [2.24, 2.45) is 5.73 Å². The second kappa shape index (κ2) is 3.70. The predicted octanol–water partition coefficient (Wildman–Crippen LogP) is 0.517. The highest BCUT2D eigenvalue weighted by atomic mass is 16.4. The number of nitrogens with one attached hydrogen (secondary N) is 1. The van der Waals surface area contributed by atoms with Crippen LogP contribution in [-0.4, -0.2) is 27.1 Å². The van der Waals surface area contributed by atoms with Gasteiger partial charge in [-0.3, -0.25) is 9.78 Å². The average molecular weight is 205 g/mol. The normalized spacial score (nSPS) is 12.9. The zero-order valence-electron chi connectivity index (χ0n) is 7.97. The molecule has 4 N–H and O–H groups in total. The zero-order valence-corrected chi connectivity index (χ0v) is 7.97. The molecule has 0 aliphatic heterocycles. The van der Waals surface area contributed by atoms with E-state index in [-0.39, 0.29) is 0 Å². The second-order valence-electron chi connectivity index (χ2n) is 3.38. The number of pyridine rings is 1. The van der Waals surface area contributed by atoms with Crippen LogP contribution < -0.4 is 5.73 Å². The summed E-state index contributed by atoms with van der Waals surface area (Å²) in [5.74, 6) is -0.992. The van der Waals surface area contributed by atoms with Crippen molar-refractivity contribution in [3.8, 4) is 0 Å². The Kier molecular flexibility index (Phi) is 2.39. The Balaban J connectivity index is 2.32. The van der Waals surface area contributed by atoms with Gasteiger partial charge in [0.2, 0.25) is 0 Å². The minimum Gasteiger partial charge on any atom is -0.480 e. The average Bonchev–Trinajstić information content (AvgIpc) is 2.62. The van der Waals surface area contributed by atoms with Crippen molar-refractivity contribution < 1.29 is 9.90 Å². The number of aliphatic carboxylic acids is 1. The summed E-state index contributed by atoms with van der Waals surface area (Å²) in [6.07, 6.45) is 5.46. The van der Waals surface area contributed by atoms with Gasteiger partial charge in [-0.05, 0) is 11.6 Å². The van der Waals surface area contributed by atoms with Gasteiger partial charge in [0.1, 0.15) is 6.04 Å². The number of carbonyl (C=O) groups is 1. The molecule has 0 unspecified atom stereocenters. The third-order valence-corrected chi connectivity index (χ3v) is 2.33. The van der Waals surface area contributed by atoms with Crippen molar-refractivity contribution >= 4 is 16.9 Å². The maximum Gasteiger partial charge on any atom is 0.320 e. The number of fused-ring (bicyclic) bond motifs is 1. The van der Waals surface area contributed by atoms with Gasteiger partial charge in [0.25, 0.3) is 0 Å². The highest BCUT2D eigenvalue weighted by Gasteiger charge is 2.14. The summed E-state index contributed by atoms with van der Waals surface area (Å²) in [5.41, 5.74) is 7.29. The van der Waals surface area contributed by atoms with Gasteiger partial charge < -0.3 is 15.8 Å². The van der Waals surface area contributed by atoms with Crippen LogP contribution in [0.4, 0.5) is 0 Å². The molecule has 0 spiro atoms. The fourth-order valence-electron chi connectivity index (χ4n) is 1.51. The van der Waals surface area contributed by atoms with E-state index in [0.717, 1.165) is 16.5 Å². The van der Waals surface area contributed by atoms with Gasteiger partial charge in [-0.25, -0.2) is 0 Å². The molecule has 0 fully saturated rings. The highest BCUT2D eigenvalue weighted by Crippen LogP contribution is 2.17. The van der Waals surface area contributed by atoms with E-state index >= 15 is 0 Å². The molecular weight excluding hydrogens is 194 g/mol. The molecule has 2 heterocycles. The number of carboxylic acid groups (broad SMARTS) is 1. The molecule has 5 nitrogen and oxygen atoms in total.